The van der Waals surface area contributed by atoms with Gasteiger partial charge in [0.2, 0.25) is 0 Å². The summed E-state index contributed by atoms with van der Waals surface area (Å²) in [7, 11) is 0. The lowest BCUT2D eigenvalue weighted by Crippen LogP contribution is -2.33. The lowest BCUT2D eigenvalue weighted by molar-refractivity contribution is 0.509. The molecule has 1 saturated carbocycles. The predicted molar refractivity (Wildman–Crippen MR) is 74.0 cm³/mol. The number of hydrogen-bond donors (Lipinski definition) is 2. The zero-order valence-electron chi connectivity index (χ0n) is 9.47. The van der Waals surface area contributed by atoms with Crippen LogP contribution in [0.5, 0.6) is 0 Å². The third-order valence-electron chi connectivity index (χ3n) is 3.07. The second-order valence-corrected chi connectivity index (χ2v) is 6.16. The standard InChI is InChI=1S/C12H19BrN2S/c13-11-5-8-16-12(11)9-14-6-7-15-10-3-1-2-4-10/h5,8,10,14-15H,1-4,6-7,9H2. The van der Waals surface area contributed by atoms with E-state index in [4.69, 9.17) is 0 Å². The Balaban J connectivity index is 1.53. The first kappa shape index (κ1) is 12.6. The van der Waals surface area contributed by atoms with Gasteiger partial charge in [0.25, 0.3) is 0 Å². The zero-order chi connectivity index (χ0) is 11.2. The van der Waals surface area contributed by atoms with Gasteiger partial charge in [-0.25, -0.2) is 0 Å². The van der Waals surface area contributed by atoms with Gasteiger partial charge in [-0.2, -0.15) is 0 Å². The van der Waals surface area contributed by atoms with Gasteiger partial charge >= 0.3 is 0 Å². The number of nitrogens with one attached hydrogen (secondary N) is 2. The SMILES string of the molecule is Brc1ccsc1CNCCNC1CCCC1. The lowest BCUT2D eigenvalue weighted by Gasteiger charge is -2.11. The molecule has 1 heterocycles. The molecule has 0 radical (unpaired) electrons. The minimum atomic E-state index is 0.787. The van der Waals surface area contributed by atoms with Gasteiger partial charge in [-0.1, -0.05) is 12.8 Å². The third kappa shape index (κ3) is 3.84. The first-order valence-corrected chi connectivity index (χ1v) is 7.69. The van der Waals surface area contributed by atoms with Crippen LogP contribution in [-0.4, -0.2) is 19.1 Å². The monoisotopic (exact) mass is 302 g/mol. The molecule has 0 spiro atoms. The minimum absolute atomic E-state index is 0.787. The molecule has 0 amide bonds. The van der Waals surface area contributed by atoms with Crippen molar-refractivity contribution in [3.63, 3.8) is 0 Å². The molecule has 1 aromatic heterocycles. The molecule has 4 heteroatoms. The van der Waals surface area contributed by atoms with E-state index >= 15 is 0 Å². The van der Waals surface area contributed by atoms with Gasteiger partial charge in [-0.15, -0.1) is 11.3 Å². The Morgan fingerprint density at radius 2 is 2.12 bits per heavy atom. The van der Waals surface area contributed by atoms with E-state index in [0.29, 0.717) is 0 Å². The second-order valence-electron chi connectivity index (χ2n) is 4.30. The topological polar surface area (TPSA) is 24.1 Å². The maximum absolute atomic E-state index is 3.61. The van der Waals surface area contributed by atoms with E-state index in [9.17, 15) is 0 Å². The van der Waals surface area contributed by atoms with Crippen molar-refractivity contribution >= 4 is 27.3 Å². The van der Waals surface area contributed by atoms with E-state index in [1.165, 1.54) is 35.0 Å². The van der Waals surface area contributed by atoms with Crippen LogP contribution in [0.1, 0.15) is 30.6 Å². The van der Waals surface area contributed by atoms with Crippen molar-refractivity contribution in [3.8, 4) is 0 Å². The fraction of sp³-hybridized carbons (Fsp3) is 0.667. The Morgan fingerprint density at radius 3 is 2.81 bits per heavy atom. The van der Waals surface area contributed by atoms with Gasteiger partial charge in [0.15, 0.2) is 0 Å². The molecule has 1 aromatic rings. The zero-order valence-corrected chi connectivity index (χ0v) is 11.9. The molecule has 0 unspecified atom stereocenters. The van der Waals surface area contributed by atoms with Crippen molar-refractivity contribution < 1.29 is 0 Å². The molecule has 0 saturated heterocycles. The number of hydrogen-bond acceptors (Lipinski definition) is 3. The van der Waals surface area contributed by atoms with Crippen LogP contribution in [0, 0.1) is 0 Å². The summed E-state index contributed by atoms with van der Waals surface area (Å²) < 4.78 is 1.23. The molecule has 0 bridgehead atoms. The van der Waals surface area contributed by atoms with Crippen LogP contribution in [0.3, 0.4) is 0 Å². The maximum atomic E-state index is 3.61. The van der Waals surface area contributed by atoms with Gasteiger partial charge in [0.1, 0.15) is 0 Å². The highest BCUT2D eigenvalue weighted by Crippen LogP contribution is 2.22. The molecule has 2 N–H and O–H groups in total. The number of thiophene rings is 1. The number of halogens is 1. The fourth-order valence-corrected chi connectivity index (χ4v) is 3.61. The molecule has 1 fully saturated rings. The highest BCUT2D eigenvalue weighted by molar-refractivity contribution is 9.10. The fourth-order valence-electron chi connectivity index (χ4n) is 2.15. The Labute approximate surface area is 110 Å². The molecule has 16 heavy (non-hydrogen) atoms. The van der Waals surface area contributed by atoms with Crippen molar-refractivity contribution in [2.24, 2.45) is 0 Å². The summed E-state index contributed by atoms with van der Waals surface area (Å²) in [5.74, 6) is 0. The molecule has 1 aliphatic carbocycles. The summed E-state index contributed by atoms with van der Waals surface area (Å²) in [6.07, 6.45) is 5.56. The van der Waals surface area contributed by atoms with Crippen molar-refractivity contribution in [2.45, 2.75) is 38.3 Å². The maximum Gasteiger partial charge on any atom is 0.0327 e. The second kappa shape index (κ2) is 6.74. The van der Waals surface area contributed by atoms with Crippen LogP contribution in [0.2, 0.25) is 0 Å². The van der Waals surface area contributed by atoms with E-state index < -0.39 is 0 Å². The largest absolute Gasteiger partial charge is 0.313 e. The Kier molecular flexibility index (Phi) is 5.29. The van der Waals surface area contributed by atoms with Gasteiger partial charge in [0, 0.05) is 35.0 Å². The molecule has 0 aliphatic heterocycles. The molecule has 2 nitrogen and oxygen atoms in total. The molecular weight excluding hydrogens is 284 g/mol. The summed E-state index contributed by atoms with van der Waals surface area (Å²) in [5.41, 5.74) is 0. The Morgan fingerprint density at radius 1 is 1.31 bits per heavy atom. The number of rotatable bonds is 6. The smallest absolute Gasteiger partial charge is 0.0327 e. The summed E-state index contributed by atoms with van der Waals surface area (Å²) in [6, 6.07) is 2.90. The van der Waals surface area contributed by atoms with Gasteiger partial charge in [0.05, 0.1) is 0 Å². The van der Waals surface area contributed by atoms with E-state index in [0.717, 1.165) is 25.7 Å². The average Bonchev–Trinajstić information content (AvgIpc) is 2.90. The lowest BCUT2D eigenvalue weighted by atomic mass is 10.2. The molecular formula is C12H19BrN2S. The predicted octanol–water partition coefficient (Wildman–Crippen LogP) is 3.13. The van der Waals surface area contributed by atoms with Crippen LogP contribution in [0.25, 0.3) is 0 Å². The van der Waals surface area contributed by atoms with Crippen molar-refractivity contribution in [1.82, 2.24) is 10.6 Å². The Hall–Kier alpha value is 0.1000. The van der Waals surface area contributed by atoms with Crippen LogP contribution >= 0.6 is 27.3 Å². The van der Waals surface area contributed by atoms with Crippen LogP contribution in [0.4, 0.5) is 0 Å². The average molecular weight is 303 g/mol. The van der Waals surface area contributed by atoms with Crippen LogP contribution < -0.4 is 10.6 Å². The molecule has 2 rings (SSSR count). The van der Waals surface area contributed by atoms with Gasteiger partial charge in [-0.3, -0.25) is 0 Å². The van der Waals surface area contributed by atoms with Crippen molar-refractivity contribution in [1.29, 1.82) is 0 Å². The van der Waals surface area contributed by atoms with E-state index in [1.807, 2.05) is 0 Å². The van der Waals surface area contributed by atoms with E-state index in [-0.39, 0.29) is 0 Å². The molecule has 0 atom stereocenters. The van der Waals surface area contributed by atoms with Gasteiger partial charge in [-0.05, 0) is 40.2 Å². The first-order chi connectivity index (χ1) is 7.86. The molecule has 90 valence electrons. The first-order valence-electron chi connectivity index (χ1n) is 6.02. The summed E-state index contributed by atoms with van der Waals surface area (Å²) >= 11 is 5.35. The molecule has 0 aromatic carbocycles. The summed E-state index contributed by atoms with van der Waals surface area (Å²) in [6.45, 7) is 3.12. The van der Waals surface area contributed by atoms with E-state index in [2.05, 4.69) is 38.0 Å². The highest BCUT2D eigenvalue weighted by atomic mass is 79.9. The Bertz CT molecular complexity index is 308. The summed E-state index contributed by atoms with van der Waals surface area (Å²) in [5, 5.41) is 9.20. The third-order valence-corrected chi connectivity index (χ3v) is 4.99. The molecule has 1 aliphatic rings. The summed E-state index contributed by atoms with van der Waals surface area (Å²) in [4.78, 5) is 1.39. The van der Waals surface area contributed by atoms with Crippen molar-refractivity contribution in [2.75, 3.05) is 13.1 Å². The minimum Gasteiger partial charge on any atom is -0.313 e. The quantitative estimate of drug-likeness (QED) is 0.789. The van der Waals surface area contributed by atoms with Gasteiger partial charge < -0.3 is 10.6 Å². The highest BCUT2D eigenvalue weighted by Gasteiger charge is 2.13. The van der Waals surface area contributed by atoms with Crippen LogP contribution in [-0.2, 0) is 6.54 Å². The van der Waals surface area contributed by atoms with Crippen LogP contribution in [0.15, 0.2) is 15.9 Å². The normalized spacial score (nSPS) is 17.1. The van der Waals surface area contributed by atoms with E-state index in [1.54, 1.807) is 11.3 Å². The van der Waals surface area contributed by atoms with Crippen molar-refractivity contribution in [3.05, 3.63) is 20.8 Å².